The number of carbonyl (C=O) groups excluding carboxylic acids is 2. The summed E-state index contributed by atoms with van der Waals surface area (Å²) >= 11 is 0. The summed E-state index contributed by atoms with van der Waals surface area (Å²) in [5.74, 6) is -0.114. The van der Waals surface area contributed by atoms with Crippen LogP contribution in [-0.2, 0) is 22.6 Å². The summed E-state index contributed by atoms with van der Waals surface area (Å²) in [6, 6.07) is 20.2. The van der Waals surface area contributed by atoms with Gasteiger partial charge in [-0.2, -0.15) is 0 Å². The molecule has 2 amide bonds. The zero-order chi connectivity index (χ0) is 24.9. The predicted molar refractivity (Wildman–Crippen MR) is 133 cm³/mol. The van der Waals surface area contributed by atoms with Crippen molar-refractivity contribution in [3.05, 3.63) is 99.2 Å². The van der Waals surface area contributed by atoms with Gasteiger partial charge >= 0.3 is 5.69 Å². The molecule has 0 radical (unpaired) electrons. The molecule has 9 heteroatoms. The standard InChI is InChI=1S/C26H24N4O5/c1-27-23(31)15-17-11-13-18(14-12-17)30-25(33)19-7-3-5-9-21(19)29(26(30)34)16-24(32)28-20-8-4-6-10-22(20)35-2/h3-14H,15-16H2,1-2H3,(H,27,31)(H,28,32). The molecule has 0 aliphatic carbocycles. The molecular weight excluding hydrogens is 448 g/mol. The maximum absolute atomic E-state index is 13.5. The van der Waals surface area contributed by atoms with E-state index >= 15 is 0 Å². The number of benzene rings is 3. The van der Waals surface area contributed by atoms with Crippen LogP contribution in [0, 0.1) is 0 Å². The van der Waals surface area contributed by atoms with Crippen molar-refractivity contribution in [2.75, 3.05) is 19.5 Å². The maximum atomic E-state index is 13.5. The third-order valence-corrected chi connectivity index (χ3v) is 5.57. The maximum Gasteiger partial charge on any atom is 0.336 e. The minimum Gasteiger partial charge on any atom is -0.495 e. The highest BCUT2D eigenvalue weighted by Crippen LogP contribution is 2.23. The molecule has 178 valence electrons. The van der Waals surface area contributed by atoms with Crippen LogP contribution < -0.4 is 26.6 Å². The Labute approximate surface area is 200 Å². The van der Waals surface area contributed by atoms with Crippen LogP contribution in [0.15, 0.2) is 82.4 Å². The van der Waals surface area contributed by atoms with Crippen molar-refractivity contribution in [1.82, 2.24) is 14.5 Å². The molecule has 3 aromatic carbocycles. The number of hydrogen-bond donors (Lipinski definition) is 2. The van der Waals surface area contributed by atoms with Gasteiger partial charge in [0.2, 0.25) is 11.8 Å². The molecule has 9 nitrogen and oxygen atoms in total. The third-order valence-electron chi connectivity index (χ3n) is 5.57. The number of ether oxygens (including phenoxy) is 1. The van der Waals surface area contributed by atoms with Gasteiger partial charge in [-0.3, -0.25) is 19.0 Å². The van der Waals surface area contributed by atoms with Crippen LogP contribution in [0.5, 0.6) is 5.75 Å². The molecule has 0 bridgehead atoms. The molecule has 0 unspecified atom stereocenters. The average Bonchev–Trinajstić information content (AvgIpc) is 2.88. The van der Waals surface area contributed by atoms with Crippen molar-refractivity contribution in [2.45, 2.75) is 13.0 Å². The van der Waals surface area contributed by atoms with E-state index in [1.165, 1.54) is 11.7 Å². The number of nitrogens with one attached hydrogen (secondary N) is 2. The molecule has 2 N–H and O–H groups in total. The van der Waals surface area contributed by atoms with Crippen molar-refractivity contribution in [1.29, 1.82) is 0 Å². The van der Waals surface area contributed by atoms with Crippen LogP contribution in [0.4, 0.5) is 5.69 Å². The number of likely N-dealkylation sites (N-methyl/N-ethyl adjacent to an activating group) is 1. The molecule has 4 aromatic rings. The lowest BCUT2D eigenvalue weighted by atomic mass is 10.1. The zero-order valence-corrected chi connectivity index (χ0v) is 19.3. The average molecular weight is 473 g/mol. The second-order valence-electron chi connectivity index (χ2n) is 7.79. The smallest absolute Gasteiger partial charge is 0.336 e. The van der Waals surface area contributed by atoms with E-state index in [-0.39, 0.29) is 18.9 Å². The Balaban J connectivity index is 1.76. The number of aromatic nitrogens is 2. The Morgan fingerprint density at radius 2 is 1.57 bits per heavy atom. The monoisotopic (exact) mass is 472 g/mol. The van der Waals surface area contributed by atoms with E-state index in [9.17, 15) is 19.2 Å². The fourth-order valence-electron chi connectivity index (χ4n) is 3.82. The second-order valence-corrected chi connectivity index (χ2v) is 7.79. The minimum absolute atomic E-state index is 0.149. The molecule has 1 aromatic heterocycles. The lowest BCUT2D eigenvalue weighted by Gasteiger charge is -2.15. The van der Waals surface area contributed by atoms with Crippen LogP contribution in [0.3, 0.4) is 0 Å². The predicted octanol–water partition coefficient (Wildman–Crippen LogP) is 2.09. The number of carbonyl (C=O) groups is 2. The summed E-state index contributed by atoms with van der Waals surface area (Å²) in [5, 5.41) is 5.61. The van der Waals surface area contributed by atoms with Crippen molar-refractivity contribution < 1.29 is 14.3 Å². The SMILES string of the molecule is CNC(=O)Cc1ccc(-n2c(=O)c3ccccc3n(CC(=O)Nc3ccccc3OC)c2=O)cc1. The minimum atomic E-state index is -0.650. The summed E-state index contributed by atoms with van der Waals surface area (Å²) < 4.78 is 7.56. The molecule has 0 saturated heterocycles. The second kappa shape index (κ2) is 10.1. The topological polar surface area (TPSA) is 111 Å². The van der Waals surface area contributed by atoms with Crippen LogP contribution in [0.1, 0.15) is 5.56 Å². The van der Waals surface area contributed by atoms with Crippen molar-refractivity contribution in [3.8, 4) is 11.4 Å². The summed E-state index contributed by atoms with van der Waals surface area (Å²) in [7, 11) is 3.05. The number of anilines is 1. The van der Waals surface area contributed by atoms with E-state index in [1.807, 2.05) is 0 Å². The van der Waals surface area contributed by atoms with Gasteiger partial charge in [0, 0.05) is 7.05 Å². The molecule has 0 aliphatic rings. The van der Waals surface area contributed by atoms with E-state index in [2.05, 4.69) is 10.6 Å². The first-order valence-corrected chi connectivity index (χ1v) is 10.9. The Kier molecular flexibility index (Phi) is 6.77. The van der Waals surface area contributed by atoms with Crippen molar-refractivity contribution >= 4 is 28.4 Å². The Bertz CT molecular complexity index is 1520. The van der Waals surface area contributed by atoms with E-state index in [4.69, 9.17) is 4.74 Å². The number of hydrogen-bond acceptors (Lipinski definition) is 5. The van der Waals surface area contributed by atoms with Crippen LogP contribution in [0.25, 0.3) is 16.6 Å². The van der Waals surface area contributed by atoms with Crippen LogP contribution >= 0.6 is 0 Å². The summed E-state index contributed by atoms with van der Waals surface area (Å²) in [5.41, 5.74) is 0.750. The Morgan fingerprint density at radius 1 is 0.886 bits per heavy atom. The highest BCUT2D eigenvalue weighted by atomic mass is 16.5. The number of amides is 2. The van der Waals surface area contributed by atoms with E-state index in [0.29, 0.717) is 28.0 Å². The normalized spacial score (nSPS) is 10.7. The lowest BCUT2D eigenvalue weighted by Crippen LogP contribution is -2.40. The van der Waals surface area contributed by atoms with Crippen molar-refractivity contribution in [3.63, 3.8) is 0 Å². The first-order chi connectivity index (χ1) is 16.9. The van der Waals surface area contributed by atoms with Gasteiger partial charge in [0.1, 0.15) is 12.3 Å². The number of fused-ring (bicyclic) bond motifs is 1. The number of methoxy groups -OCH3 is 1. The van der Waals surface area contributed by atoms with Gasteiger partial charge in [-0.1, -0.05) is 36.4 Å². The van der Waals surface area contributed by atoms with Crippen LogP contribution in [0.2, 0.25) is 0 Å². The molecule has 4 rings (SSSR count). The van der Waals surface area contributed by atoms with E-state index < -0.39 is 17.2 Å². The first-order valence-electron chi connectivity index (χ1n) is 10.9. The van der Waals surface area contributed by atoms with Gasteiger partial charge in [0.05, 0.1) is 35.8 Å². The molecule has 0 aliphatic heterocycles. The zero-order valence-electron chi connectivity index (χ0n) is 19.3. The number of nitrogens with zero attached hydrogens (tertiary/aromatic N) is 2. The summed E-state index contributed by atoms with van der Waals surface area (Å²) in [4.78, 5) is 51.3. The van der Waals surface area contributed by atoms with E-state index in [1.54, 1.807) is 79.8 Å². The molecular formula is C26H24N4O5. The quantitative estimate of drug-likeness (QED) is 0.428. The van der Waals surface area contributed by atoms with Gasteiger partial charge in [0.15, 0.2) is 0 Å². The largest absolute Gasteiger partial charge is 0.495 e. The van der Waals surface area contributed by atoms with Gasteiger partial charge < -0.3 is 15.4 Å². The number of rotatable bonds is 7. The number of para-hydroxylation sites is 3. The lowest BCUT2D eigenvalue weighted by molar-refractivity contribution is -0.120. The molecule has 0 spiro atoms. The molecule has 35 heavy (non-hydrogen) atoms. The summed E-state index contributed by atoms with van der Waals surface area (Å²) in [6.45, 7) is -0.313. The third kappa shape index (κ3) is 4.84. The molecule has 1 heterocycles. The van der Waals surface area contributed by atoms with Gasteiger partial charge in [-0.25, -0.2) is 9.36 Å². The molecule has 0 atom stereocenters. The van der Waals surface area contributed by atoms with Crippen molar-refractivity contribution in [2.24, 2.45) is 0 Å². The molecule has 0 fully saturated rings. The fourth-order valence-corrected chi connectivity index (χ4v) is 3.82. The highest BCUT2D eigenvalue weighted by Gasteiger charge is 2.17. The van der Waals surface area contributed by atoms with Gasteiger partial charge in [0.25, 0.3) is 5.56 Å². The van der Waals surface area contributed by atoms with E-state index in [0.717, 1.165) is 10.1 Å². The summed E-state index contributed by atoms with van der Waals surface area (Å²) in [6.07, 6.45) is 0.177. The Hall–Kier alpha value is -4.66. The van der Waals surface area contributed by atoms with Gasteiger partial charge in [-0.15, -0.1) is 0 Å². The molecule has 0 saturated carbocycles. The fraction of sp³-hybridized carbons (Fsp3) is 0.154. The van der Waals surface area contributed by atoms with Crippen LogP contribution in [-0.4, -0.2) is 35.1 Å². The van der Waals surface area contributed by atoms with Gasteiger partial charge in [-0.05, 0) is 42.0 Å². The highest BCUT2D eigenvalue weighted by molar-refractivity contribution is 5.93. The first kappa shape index (κ1) is 23.5. The Morgan fingerprint density at radius 3 is 2.29 bits per heavy atom.